The Kier molecular flexibility index (Phi) is 5.37. The summed E-state index contributed by atoms with van der Waals surface area (Å²) in [4.78, 5) is 12.1. The molecule has 0 radical (unpaired) electrons. The number of hydrogen-bond donors (Lipinski definition) is 1. The van der Waals surface area contributed by atoms with Crippen LogP contribution < -0.4 is 5.43 Å². The lowest BCUT2D eigenvalue weighted by Gasteiger charge is -2.06. The monoisotopic (exact) mass is 413 g/mol. The molecule has 1 aromatic carbocycles. The molecule has 0 aliphatic rings. The van der Waals surface area contributed by atoms with E-state index in [1.165, 1.54) is 0 Å². The van der Waals surface area contributed by atoms with Gasteiger partial charge >= 0.3 is 0 Å². The highest BCUT2D eigenvalue weighted by atomic mass is 79.9. The summed E-state index contributed by atoms with van der Waals surface area (Å²) in [5.74, 6) is -0.216. The predicted octanol–water partition coefficient (Wildman–Crippen LogP) is 3.59. The smallest absolute Gasteiger partial charge is 0.261 e. The summed E-state index contributed by atoms with van der Waals surface area (Å²) in [6, 6.07) is 12.0. The first-order valence-electron chi connectivity index (χ1n) is 8.22. The van der Waals surface area contributed by atoms with Crippen molar-refractivity contribution in [3.63, 3.8) is 0 Å². The van der Waals surface area contributed by atoms with Gasteiger partial charge in [-0.1, -0.05) is 12.1 Å². The van der Waals surface area contributed by atoms with Crippen LogP contribution in [0.15, 0.2) is 58.4 Å². The van der Waals surface area contributed by atoms with Gasteiger partial charge in [-0.05, 0) is 66.5 Å². The fourth-order valence-corrected chi connectivity index (χ4v) is 2.88. The lowest BCUT2D eigenvalue weighted by Crippen LogP contribution is -2.25. The van der Waals surface area contributed by atoms with E-state index in [1.807, 2.05) is 74.1 Å². The fraction of sp³-hybridized carbons (Fsp3) is 0.211. The van der Waals surface area contributed by atoms with E-state index in [-0.39, 0.29) is 12.5 Å². The summed E-state index contributed by atoms with van der Waals surface area (Å²) in [5.41, 5.74) is 7.14. The Hall–Kier alpha value is -2.67. The molecule has 3 aromatic rings. The molecule has 0 spiro atoms. The van der Waals surface area contributed by atoms with Gasteiger partial charge in [-0.15, -0.1) is 0 Å². The van der Waals surface area contributed by atoms with Gasteiger partial charge in [0.15, 0.2) is 0 Å². The molecule has 0 aliphatic heterocycles. The van der Waals surface area contributed by atoms with Crippen molar-refractivity contribution in [2.75, 3.05) is 0 Å². The second-order valence-electron chi connectivity index (χ2n) is 6.01. The van der Waals surface area contributed by atoms with Gasteiger partial charge < -0.3 is 4.57 Å². The molecule has 0 atom stereocenters. The van der Waals surface area contributed by atoms with Crippen LogP contribution in [-0.4, -0.2) is 26.0 Å². The van der Waals surface area contributed by atoms with Crippen LogP contribution in [0.5, 0.6) is 0 Å². The van der Waals surface area contributed by atoms with Crippen LogP contribution in [0.2, 0.25) is 0 Å². The van der Waals surface area contributed by atoms with Gasteiger partial charge in [0.05, 0.1) is 21.6 Å². The number of benzene rings is 1. The predicted molar refractivity (Wildman–Crippen MR) is 106 cm³/mol. The molecule has 0 saturated heterocycles. The number of amides is 1. The van der Waals surface area contributed by atoms with E-state index in [9.17, 15) is 4.79 Å². The largest absolute Gasteiger partial charge is 0.324 e. The first-order valence-corrected chi connectivity index (χ1v) is 9.01. The van der Waals surface area contributed by atoms with Crippen molar-refractivity contribution >= 4 is 27.5 Å². The van der Waals surface area contributed by atoms with Gasteiger partial charge in [-0.2, -0.15) is 10.2 Å². The summed E-state index contributed by atoms with van der Waals surface area (Å²) in [7, 11) is 0. The normalized spacial score (nSPS) is 11.6. The maximum Gasteiger partial charge on any atom is 0.261 e. The third-order valence-electron chi connectivity index (χ3n) is 4.12. The lowest BCUT2D eigenvalue weighted by atomic mass is 10.1. The number of nitrogens with one attached hydrogen (secondary N) is 1. The molecular weight excluding hydrogens is 394 g/mol. The zero-order valence-electron chi connectivity index (χ0n) is 14.9. The molecular formula is C19H20BrN5O. The van der Waals surface area contributed by atoms with E-state index in [0.29, 0.717) is 0 Å². The third-order valence-corrected chi connectivity index (χ3v) is 5.27. The molecule has 7 heteroatoms. The molecule has 0 bridgehead atoms. The molecule has 2 aromatic heterocycles. The topological polar surface area (TPSA) is 64.2 Å². The Balaban J connectivity index is 1.64. The van der Waals surface area contributed by atoms with Gasteiger partial charge in [-0.3, -0.25) is 9.48 Å². The molecule has 0 fully saturated rings. The third kappa shape index (κ3) is 3.94. The fourth-order valence-electron chi connectivity index (χ4n) is 2.59. The molecule has 134 valence electrons. The minimum Gasteiger partial charge on any atom is -0.324 e. The Morgan fingerprint density at radius 1 is 1.19 bits per heavy atom. The van der Waals surface area contributed by atoms with Crippen molar-refractivity contribution < 1.29 is 4.79 Å². The highest BCUT2D eigenvalue weighted by molar-refractivity contribution is 9.10. The molecule has 6 nitrogen and oxygen atoms in total. The van der Waals surface area contributed by atoms with Crippen LogP contribution in [0.4, 0.5) is 0 Å². The number of carbonyl (C=O) groups is 1. The minimum absolute atomic E-state index is 0.127. The summed E-state index contributed by atoms with van der Waals surface area (Å²) >= 11 is 3.46. The van der Waals surface area contributed by atoms with E-state index in [2.05, 4.69) is 31.6 Å². The molecule has 0 saturated carbocycles. The summed E-state index contributed by atoms with van der Waals surface area (Å²) in [5, 5.41) is 8.53. The maximum atomic E-state index is 12.1. The van der Waals surface area contributed by atoms with E-state index in [1.54, 1.807) is 4.68 Å². The Morgan fingerprint density at radius 2 is 1.85 bits per heavy atom. The van der Waals surface area contributed by atoms with Gasteiger partial charge in [0.25, 0.3) is 5.91 Å². The van der Waals surface area contributed by atoms with Crippen LogP contribution >= 0.6 is 15.9 Å². The highest BCUT2D eigenvalue weighted by Gasteiger charge is 2.11. The van der Waals surface area contributed by atoms with E-state index >= 15 is 0 Å². The summed E-state index contributed by atoms with van der Waals surface area (Å²) in [6.07, 6.45) is 3.99. The molecule has 0 unspecified atom stereocenters. The second-order valence-corrected chi connectivity index (χ2v) is 6.80. The van der Waals surface area contributed by atoms with E-state index < -0.39 is 0 Å². The van der Waals surface area contributed by atoms with Crippen molar-refractivity contribution in [2.45, 2.75) is 27.3 Å². The quantitative estimate of drug-likeness (QED) is 0.512. The number of hydrogen-bond acceptors (Lipinski definition) is 3. The number of aromatic nitrogens is 3. The summed E-state index contributed by atoms with van der Waals surface area (Å²) < 4.78 is 4.61. The van der Waals surface area contributed by atoms with Crippen LogP contribution in [0.1, 0.15) is 23.9 Å². The number of aryl methyl sites for hydroxylation is 1. The number of nitrogens with zero attached hydrogens (tertiary/aromatic N) is 4. The van der Waals surface area contributed by atoms with Crippen molar-refractivity contribution in [3.05, 3.63) is 70.2 Å². The molecule has 0 aliphatic carbocycles. The zero-order valence-corrected chi connectivity index (χ0v) is 16.5. The van der Waals surface area contributed by atoms with Crippen LogP contribution in [-0.2, 0) is 11.3 Å². The van der Waals surface area contributed by atoms with Crippen molar-refractivity contribution in [3.8, 4) is 5.69 Å². The molecule has 1 N–H and O–H groups in total. The highest BCUT2D eigenvalue weighted by Crippen LogP contribution is 2.19. The number of halogens is 1. The first-order chi connectivity index (χ1) is 12.5. The number of rotatable bonds is 5. The Morgan fingerprint density at radius 3 is 2.42 bits per heavy atom. The van der Waals surface area contributed by atoms with Gasteiger partial charge in [-0.25, -0.2) is 5.43 Å². The first kappa shape index (κ1) is 18.1. The van der Waals surface area contributed by atoms with Gasteiger partial charge in [0, 0.05) is 18.1 Å². The van der Waals surface area contributed by atoms with Crippen molar-refractivity contribution in [2.24, 2.45) is 5.10 Å². The average molecular weight is 414 g/mol. The second kappa shape index (κ2) is 7.70. The molecule has 26 heavy (non-hydrogen) atoms. The van der Waals surface area contributed by atoms with Crippen LogP contribution in [0.25, 0.3) is 5.69 Å². The van der Waals surface area contributed by atoms with E-state index in [0.717, 1.165) is 32.8 Å². The van der Waals surface area contributed by atoms with Gasteiger partial charge in [0.2, 0.25) is 0 Å². The SMILES string of the molecule is C/C(=N\NC(=O)Cn1nc(C)c(Br)c1C)c1ccc(-n2cccc2)cc1. The number of hydrazone groups is 1. The molecule has 1 amide bonds. The molecule has 2 heterocycles. The average Bonchev–Trinajstić information content (AvgIpc) is 3.26. The Labute approximate surface area is 160 Å². The summed E-state index contributed by atoms with van der Waals surface area (Å²) in [6.45, 7) is 5.80. The van der Waals surface area contributed by atoms with Gasteiger partial charge in [0.1, 0.15) is 6.54 Å². The minimum atomic E-state index is -0.216. The Bertz CT molecular complexity index is 939. The van der Waals surface area contributed by atoms with Crippen molar-refractivity contribution in [1.29, 1.82) is 0 Å². The van der Waals surface area contributed by atoms with E-state index in [4.69, 9.17) is 0 Å². The molecule has 3 rings (SSSR count). The van der Waals surface area contributed by atoms with Crippen LogP contribution in [0, 0.1) is 13.8 Å². The lowest BCUT2D eigenvalue weighted by molar-refractivity contribution is -0.121. The zero-order chi connectivity index (χ0) is 18.7. The standard InChI is InChI=1S/C19H20BrN5O/c1-13(16-6-8-17(9-7-16)24-10-4-5-11-24)21-22-18(26)12-25-15(3)19(20)14(2)23-25/h4-11H,12H2,1-3H3,(H,22,26)/b21-13+. The van der Waals surface area contributed by atoms with Crippen molar-refractivity contribution in [1.82, 2.24) is 19.8 Å². The maximum absolute atomic E-state index is 12.1. The number of carbonyl (C=O) groups excluding carboxylic acids is 1. The van der Waals surface area contributed by atoms with Crippen LogP contribution in [0.3, 0.4) is 0 Å².